The number of hydrogen-bond donors (Lipinski definition) is 1. The molecule has 3 nitrogen and oxygen atoms in total. The van der Waals surface area contributed by atoms with Crippen LogP contribution in [0.25, 0.3) is 0 Å². The van der Waals surface area contributed by atoms with E-state index < -0.39 is 0 Å². The fraction of sp³-hybridized carbons (Fsp3) is 0.417. The molecule has 0 aliphatic carbocycles. The third kappa shape index (κ3) is 1.82. The van der Waals surface area contributed by atoms with Crippen molar-refractivity contribution in [3.8, 4) is 0 Å². The highest BCUT2D eigenvalue weighted by atomic mass is 15.3. The molecule has 1 aliphatic heterocycles. The molecule has 0 amide bonds. The van der Waals surface area contributed by atoms with Gasteiger partial charge >= 0.3 is 0 Å². The van der Waals surface area contributed by atoms with Crippen LogP contribution < -0.4 is 10.6 Å². The maximum atomic E-state index is 5.92. The van der Waals surface area contributed by atoms with Gasteiger partial charge in [-0.15, -0.1) is 0 Å². The van der Waals surface area contributed by atoms with Gasteiger partial charge in [-0.1, -0.05) is 32.0 Å². The fourth-order valence-corrected chi connectivity index (χ4v) is 1.94. The Bertz CT molecular complexity index is 356. The topological polar surface area (TPSA) is 41.6 Å². The van der Waals surface area contributed by atoms with Crippen molar-refractivity contribution in [2.45, 2.75) is 19.9 Å². The molecule has 1 heterocycles. The number of aliphatic imine (C=N–C) groups is 1. The van der Waals surface area contributed by atoms with Gasteiger partial charge in [0.2, 0.25) is 0 Å². The van der Waals surface area contributed by atoms with Gasteiger partial charge in [-0.25, -0.2) is 0 Å². The zero-order valence-electron chi connectivity index (χ0n) is 9.22. The van der Waals surface area contributed by atoms with Crippen LogP contribution in [-0.2, 0) is 0 Å². The number of benzene rings is 1. The molecule has 1 aromatic carbocycles. The van der Waals surface area contributed by atoms with Crippen molar-refractivity contribution in [2.24, 2.45) is 16.6 Å². The Kier molecular flexibility index (Phi) is 2.62. The molecule has 1 unspecified atom stereocenters. The first kappa shape index (κ1) is 10.0. The van der Waals surface area contributed by atoms with Gasteiger partial charge in [0.25, 0.3) is 0 Å². The molecule has 0 bridgehead atoms. The van der Waals surface area contributed by atoms with E-state index in [1.54, 1.807) is 0 Å². The van der Waals surface area contributed by atoms with Crippen LogP contribution in [0.2, 0.25) is 0 Å². The Morgan fingerprint density at radius 1 is 1.33 bits per heavy atom. The lowest BCUT2D eigenvalue weighted by molar-refractivity contribution is 0.517. The molecule has 3 heteroatoms. The number of nitrogens with zero attached hydrogens (tertiary/aromatic N) is 2. The summed E-state index contributed by atoms with van der Waals surface area (Å²) in [6.07, 6.45) is 0. The van der Waals surface area contributed by atoms with Gasteiger partial charge in [0.15, 0.2) is 5.96 Å². The second kappa shape index (κ2) is 3.93. The van der Waals surface area contributed by atoms with E-state index in [1.165, 1.54) is 0 Å². The molecule has 80 valence electrons. The van der Waals surface area contributed by atoms with Crippen LogP contribution in [-0.4, -0.2) is 18.5 Å². The van der Waals surface area contributed by atoms with E-state index in [-0.39, 0.29) is 0 Å². The van der Waals surface area contributed by atoms with Gasteiger partial charge in [0.1, 0.15) is 0 Å². The summed E-state index contributed by atoms with van der Waals surface area (Å²) in [5.41, 5.74) is 7.05. The van der Waals surface area contributed by atoms with Gasteiger partial charge in [0, 0.05) is 5.69 Å². The normalized spacial score (nSPS) is 20.9. The van der Waals surface area contributed by atoms with Crippen LogP contribution in [0.3, 0.4) is 0 Å². The van der Waals surface area contributed by atoms with E-state index in [1.807, 2.05) is 18.2 Å². The first-order valence-electron chi connectivity index (χ1n) is 5.34. The number of para-hydroxylation sites is 1. The van der Waals surface area contributed by atoms with Gasteiger partial charge in [0.05, 0.1) is 12.6 Å². The van der Waals surface area contributed by atoms with Crippen LogP contribution >= 0.6 is 0 Å². The second-order valence-corrected chi connectivity index (χ2v) is 4.22. The van der Waals surface area contributed by atoms with Crippen LogP contribution in [0.5, 0.6) is 0 Å². The molecule has 1 atom stereocenters. The lowest BCUT2D eigenvalue weighted by atomic mass is 10.0. The fourth-order valence-electron chi connectivity index (χ4n) is 1.94. The van der Waals surface area contributed by atoms with Crippen molar-refractivity contribution in [3.05, 3.63) is 30.3 Å². The number of anilines is 1. The quantitative estimate of drug-likeness (QED) is 0.797. The van der Waals surface area contributed by atoms with Gasteiger partial charge in [-0.3, -0.25) is 4.99 Å². The van der Waals surface area contributed by atoms with Crippen molar-refractivity contribution in [3.63, 3.8) is 0 Å². The van der Waals surface area contributed by atoms with E-state index in [2.05, 4.69) is 35.9 Å². The molecule has 1 aliphatic rings. The van der Waals surface area contributed by atoms with E-state index in [4.69, 9.17) is 5.73 Å². The Balaban J connectivity index is 2.30. The Hall–Kier alpha value is -1.51. The zero-order valence-corrected chi connectivity index (χ0v) is 9.22. The van der Waals surface area contributed by atoms with Crippen LogP contribution in [0.4, 0.5) is 5.69 Å². The molecule has 15 heavy (non-hydrogen) atoms. The molecule has 0 saturated heterocycles. The third-order valence-electron chi connectivity index (χ3n) is 2.82. The average molecular weight is 203 g/mol. The van der Waals surface area contributed by atoms with Gasteiger partial charge in [-0.2, -0.15) is 0 Å². The summed E-state index contributed by atoms with van der Waals surface area (Å²) in [4.78, 5) is 6.45. The van der Waals surface area contributed by atoms with E-state index >= 15 is 0 Å². The first-order valence-corrected chi connectivity index (χ1v) is 5.34. The SMILES string of the molecule is CC(C)C1CN=C(N)N1c1ccccc1. The maximum absolute atomic E-state index is 5.92. The highest BCUT2D eigenvalue weighted by Gasteiger charge is 2.29. The minimum Gasteiger partial charge on any atom is -0.370 e. The Labute approximate surface area is 90.6 Å². The summed E-state index contributed by atoms with van der Waals surface area (Å²) in [5, 5.41) is 0. The molecule has 0 fully saturated rings. The lowest BCUT2D eigenvalue weighted by Crippen LogP contribution is -2.43. The summed E-state index contributed by atoms with van der Waals surface area (Å²) in [5.74, 6) is 1.19. The summed E-state index contributed by atoms with van der Waals surface area (Å²) in [6, 6.07) is 10.6. The van der Waals surface area contributed by atoms with Crippen LogP contribution in [0.1, 0.15) is 13.8 Å². The van der Waals surface area contributed by atoms with Gasteiger partial charge < -0.3 is 10.6 Å². The molecule has 0 saturated carbocycles. The summed E-state index contributed by atoms with van der Waals surface area (Å²) < 4.78 is 0. The molecule has 0 radical (unpaired) electrons. The minimum absolute atomic E-state index is 0.396. The molecule has 0 spiro atoms. The van der Waals surface area contributed by atoms with E-state index in [0.29, 0.717) is 17.9 Å². The van der Waals surface area contributed by atoms with Crippen molar-refractivity contribution in [2.75, 3.05) is 11.4 Å². The van der Waals surface area contributed by atoms with Crippen molar-refractivity contribution in [1.82, 2.24) is 0 Å². The van der Waals surface area contributed by atoms with E-state index in [9.17, 15) is 0 Å². The highest BCUT2D eigenvalue weighted by molar-refractivity contribution is 5.97. The lowest BCUT2D eigenvalue weighted by Gasteiger charge is -2.28. The predicted octanol–water partition coefficient (Wildman–Crippen LogP) is 1.85. The zero-order chi connectivity index (χ0) is 10.8. The summed E-state index contributed by atoms with van der Waals surface area (Å²) in [7, 11) is 0. The molecule has 0 aromatic heterocycles. The predicted molar refractivity (Wildman–Crippen MR) is 64.0 cm³/mol. The van der Waals surface area contributed by atoms with E-state index in [0.717, 1.165) is 12.2 Å². The summed E-state index contributed by atoms with van der Waals surface area (Å²) >= 11 is 0. The first-order chi connectivity index (χ1) is 7.20. The molecular formula is C12H17N3. The highest BCUT2D eigenvalue weighted by Crippen LogP contribution is 2.24. The maximum Gasteiger partial charge on any atom is 0.196 e. The number of hydrogen-bond acceptors (Lipinski definition) is 3. The van der Waals surface area contributed by atoms with Crippen LogP contribution in [0, 0.1) is 5.92 Å². The van der Waals surface area contributed by atoms with Crippen molar-refractivity contribution >= 4 is 11.6 Å². The number of nitrogens with two attached hydrogens (primary N) is 1. The number of guanidine groups is 1. The Morgan fingerprint density at radius 2 is 2.00 bits per heavy atom. The third-order valence-corrected chi connectivity index (χ3v) is 2.82. The molecule has 2 N–H and O–H groups in total. The number of rotatable bonds is 2. The minimum atomic E-state index is 0.396. The summed E-state index contributed by atoms with van der Waals surface area (Å²) in [6.45, 7) is 5.21. The molecular weight excluding hydrogens is 186 g/mol. The monoisotopic (exact) mass is 203 g/mol. The standard InChI is InChI=1S/C12H17N3/c1-9(2)11-8-14-12(13)15(11)10-6-4-3-5-7-10/h3-7,9,11H,8H2,1-2H3,(H2,13,14). The van der Waals surface area contributed by atoms with Crippen molar-refractivity contribution < 1.29 is 0 Å². The smallest absolute Gasteiger partial charge is 0.196 e. The molecule has 1 aromatic rings. The van der Waals surface area contributed by atoms with Crippen LogP contribution in [0.15, 0.2) is 35.3 Å². The Morgan fingerprint density at radius 3 is 2.60 bits per heavy atom. The second-order valence-electron chi connectivity index (χ2n) is 4.22. The van der Waals surface area contributed by atoms with Gasteiger partial charge in [-0.05, 0) is 18.1 Å². The largest absolute Gasteiger partial charge is 0.370 e. The van der Waals surface area contributed by atoms with Crippen molar-refractivity contribution in [1.29, 1.82) is 0 Å². The molecule has 2 rings (SSSR count). The average Bonchev–Trinajstić information content (AvgIpc) is 2.61.